The Bertz CT molecular complexity index is 1380. The third-order valence-corrected chi connectivity index (χ3v) is 4.76. The summed E-state index contributed by atoms with van der Waals surface area (Å²) >= 11 is 0. The zero-order chi connectivity index (χ0) is 26.0. The minimum absolute atomic E-state index is 0.428. The van der Waals surface area contributed by atoms with Crippen LogP contribution in [-0.4, -0.2) is 15.6 Å². The van der Waals surface area contributed by atoms with Crippen molar-refractivity contribution in [1.29, 1.82) is 0 Å². The lowest BCUT2D eigenvalue weighted by Gasteiger charge is -2.14. The summed E-state index contributed by atoms with van der Waals surface area (Å²) in [5.41, 5.74) is -12.0. The molecule has 0 amide bonds. The van der Waals surface area contributed by atoms with Crippen LogP contribution in [0.1, 0.15) is 32.7 Å². The van der Waals surface area contributed by atoms with Crippen LogP contribution in [0.25, 0.3) is 5.69 Å². The zero-order valence-corrected chi connectivity index (χ0v) is 16.4. The van der Waals surface area contributed by atoms with E-state index >= 15 is 0 Å². The predicted octanol–water partition coefficient (Wildman–Crippen LogP) is 5.15. The van der Waals surface area contributed by atoms with Gasteiger partial charge in [-0.2, -0.15) is 13.2 Å². The molecule has 4 nitrogen and oxygen atoms in total. The number of hydrogen-bond acceptors (Lipinski definition) is 2. The highest BCUT2D eigenvalue weighted by Crippen LogP contribution is 2.37. The third-order valence-electron chi connectivity index (χ3n) is 4.76. The van der Waals surface area contributed by atoms with E-state index in [9.17, 15) is 57.9 Å². The van der Waals surface area contributed by atoms with E-state index in [1.807, 2.05) is 0 Å². The van der Waals surface area contributed by atoms with Gasteiger partial charge in [0.2, 0.25) is 5.78 Å². The fourth-order valence-electron chi connectivity index (χ4n) is 3.11. The summed E-state index contributed by atoms with van der Waals surface area (Å²) in [4.78, 5) is 25.2. The third kappa shape index (κ3) is 3.45. The van der Waals surface area contributed by atoms with Gasteiger partial charge in [0.15, 0.2) is 40.7 Å². The fourth-order valence-corrected chi connectivity index (χ4v) is 3.11. The van der Waals surface area contributed by atoms with Crippen molar-refractivity contribution in [1.82, 2.24) is 9.78 Å². The summed E-state index contributed by atoms with van der Waals surface area (Å²) in [5.74, 6) is -21.8. The minimum atomic E-state index is -5.88. The van der Waals surface area contributed by atoms with Gasteiger partial charge >= 0.3 is 6.18 Å². The summed E-state index contributed by atoms with van der Waals surface area (Å²) < 4.78 is 150. The summed E-state index contributed by atoms with van der Waals surface area (Å²) in [6.07, 6.45) is -5.88. The van der Waals surface area contributed by atoms with Gasteiger partial charge in [-0.3, -0.25) is 14.7 Å². The Morgan fingerprint density at radius 1 is 0.706 bits per heavy atom. The van der Waals surface area contributed by atoms with E-state index in [2.05, 4.69) is 0 Å². The van der Waals surface area contributed by atoms with E-state index in [0.717, 1.165) is 6.92 Å². The van der Waals surface area contributed by atoms with Gasteiger partial charge in [-0.05, 0) is 13.8 Å². The van der Waals surface area contributed by atoms with E-state index in [-0.39, 0.29) is 0 Å². The molecule has 0 fully saturated rings. The van der Waals surface area contributed by atoms with Crippen LogP contribution in [0.2, 0.25) is 0 Å². The zero-order valence-electron chi connectivity index (χ0n) is 16.4. The number of alkyl halides is 3. The molecule has 34 heavy (non-hydrogen) atoms. The molecule has 182 valence electrons. The molecule has 0 aliphatic carbocycles. The highest BCUT2D eigenvalue weighted by Gasteiger charge is 2.43. The predicted molar refractivity (Wildman–Crippen MR) is 90.4 cm³/mol. The Labute approximate surface area is 180 Å². The van der Waals surface area contributed by atoms with Gasteiger partial charge in [-0.1, -0.05) is 0 Å². The lowest BCUT2D eigenvalue weighted by molar-refractivity contribution is -0.143. The topological polar surface area (TPSA) is 54.9 Å². The lowest BCUT2D eigenvalue weighted by atomic mass is 9.99. The van der Waals surface area contributed by atoms with Crippen LogP contribution in [0.5, 0.6) is 0 Å². The smallest absolute Gasteiger partial charge is 0.294 e. The number of carbonyl (C=O) groups is 1. The summed E-state index contributed by atoms with van der Waals surface area (Å²) in [6.45, 7) is 1.41. The molecule has 0 saturated heterocycles. The summed E-state index contributed by atoms with van der Waals surface area (Å²) in [6, 6.07) is 0. The monoisotopic (exact) mass is 504 g/mol. The molecule has 15 heteroatoms. The van der Waals surface area contributed by atoms with Gasteiger partial charge in [-0.15, -0.1) is 0 Å². The number of benzene rings is 2. The van der Waals surface area contributed by atoms with Crippen LogP contribution in [-0.2, 0) is 6.18 Å². The number of carbonyl (C=O) groups excluding carboxylic acids is 1. The molecular formula is C19H7F11N2O2. The van der Waals surface area contributed by atoms with E-state index in [4.69, 9.17) is 0 Å². The maximum absolute atomic E-state index is 14.3. The first-order valence-electron chi connectivity index (χ1n) is 8.66. The van der Waals surface area contributed by atoms with Crippen LogP contribution in [0.15, 0.2) is 4.79 Å². The van der Waals surface area contributed by atoms with Crippen LogP contribution in [0, 0.1) is 60.4 Å². The molecule has 0 spiro atoms. The van der Waals surface area contributed by atoms with Gasteiger partial charge in [0, 0.05) is 11.3 Å². The fraction of sp³-hybridized carbons (Fsp3) is 0.158. The number of rotatable bonds is 3. The molecule has 0 saturated carbocycles. The average molecular weight is 504 g/mol. The molecule has 0 aliphatic rings. The van der Waals surface area contributed by atoms with E-state index in [0.29, 0.717) is 6.92 Å². The number of ketones is 1. The normalized spacial score (nSPS) is 11.9. The van der Waals surface area contributed by atoms with Crippen LogP contribution in [0.4, 0.5) is 48.3 Å². The maximum atomic E-state index is 14.3. The molecule has 1 N–H and O–H groups in total. The minimum Gasteiger partial charge on any atom is -0.294 e. The first-order valence-corrected chi connectivity index (χ1v) is 8.66. The summed E-state index contributed by atoms with van der Waals surface area (Å²) in [7, 11) is 0. The Morgan fingerprint density at radius 2 is 1.21 bits per heavy atom. The molecule has 3 rings (SSSR count). The van der Waals surface area contributed by atoms with Crippen molar-refractivity contribution in [3.8, 4) is 5.69 Å². The number of aryl methyl sites for hydroxylation is 1. The molecule has 1 heterocycles. The number of aromatic amines is 1. The first kappa shape index (κ1) is 25.0. The maximum Gasteiger partial charge on any atom is 0.422 e. The Balaban J connectivity index is 2.33. The van der Waals surface area contributed by atoms with Crippen molar-refractivity contribution in [2.75, 3.05) is 0 Å². The number of hydrogen-bond donors (Lipinski definition) is 1. The lowest BCUT2D eigenvalue weighted by Crippen LogP contribution is -2.26. The van der Waals surface area contributed by atoms with Crippen LogP contribution < -0.4 is 5.56 Å². The van der Waals surface area contributed by atoms with Crippen molar-refractivity contribution in [3.63, 3.8) is 0 Å². The van der Waals surface area contributed by atoms with Crippen molar-refractivity contribution < 1.29 is 53.1 Å². The number of nitrogens with one attached hydrogen (secondary N) is 1. The van der Waals surface area contributed by atoms with Crippen LogP contribution >= 0.6 is 0 Å². The first-order chi connectivity index (χ1) is 15.5. The van der Waals surface area contributed by atoms with Crippen molar-refractivity contribution in [2.24, 2.45) is 0 Å². The van der Waals surface area contributed by atoms with Gasteiger partial charge in [0.25, 0.3) is 5.56 Å². The molecule has 0 bridgehead atoms. The largest absolute Gasteiger partial charge is 0.422 e. The Hall–Kier alpha value is -3.65. The van der Waals surface area contributed by atoms with Crippen LogP contribution in [0.3, 0.4) is 0 Å². The molecule has 0 aliphatic heterocycles. The van der Waals surface area contributed by atoms with E-state index < -0.39 is 102 Å². The van der Waals surface area contributed by atoms with Gasteiger partial charge in [-0.25, -0.2) is 39.8 Å². The number of aromatic nitrogens is 2. The molecule has 2 aromatic carbocycles. The number of nitrogens with zero attached hydrogens (tertiary/aromatic N) is 1. The number of H-pyrrole nitrogens is 1. The van der Waals surface area contributed by atoms with Gasteiger partial charge < -0.3 is 0 Å². The summed E-state index contributed by atoms with van der Waals surface area (Å²) in [5, 5.41) is 1.73. The van der Waals surface area contributed by atoms with E-state index in [1.54, 1.807) is 5.10 Å². The molecule has 0 radical (unpaired) electrons. The SMILES string of the molecule is Cc1[nH]n(-c2c(F)c(F)c(C(F)(F)F)c(F)c2F)c(=O)c1C(=O)c1c(F)c(C)c(F)c(F)c1F. The average Bonchev–Trinajstić information content (AvgIpc) is 3.02. The van der Waals surface area contributed by atoms with Gasteiger partial charge in [0.05, 0.1) is 5.56 Å². The Kier molecular flexibility index (Phi) is 5.87. The number of halogens is 11. The second-order valence-corrected chi connectivity index (χ2v) is 6.81. The van der Waals surface area contributed by atoms with E-state index in [1.165, 1.54) is 0 Å². The molecular weight excluding hydrogens is 497 g/mol. The molecule has 3 aromatic rings. The van der Waals surface area contributed by atoms with Crippen molar-refractivity contribution >= 4 is 5.78 Å². The molecule has 0 unspecified atom stereocenters. The Morgan fingerprint density at radius 3 is 1.68 bits per heavy atom. The van der Waals surface area contributed by atoms with Crippen molar-refractivity contribution in [2.45, 2.75) is 20.0 Å². The second-order valence-electron chi connectivity index (χ2n) is 6.81. The standard InChI is InChI=1S/C19H7F11N2O2/c1-3-8(20)6(10(22)13(25)9(3)21)17(33)5-4(2)31-32(18(5)34)16-14(26)11(23)7(19(28,29)30)12(24)15(16)27/h31H,1-2H3. The molecule has 0 atom stereocenters. The highest BCUT2D eigenvalue weighted by molar-refractivity contribution is 6.10. The second kappa shape index (κ2) is 7.99. The highest BCUT2D eigenvalue weighted by atomic mass is 19.4. The van der Waals surface area contributed by atoms with Gasteiger partial charge in [0.1, 0.15) is 22.6 Å². The molecule has 1 aromatic heterocycles. The quantitative estimate of drug-likeness (QED) is 0.232. The van der Waals surface area contributed by atoms with Crippen molar-refractivity contribution in [3.05, 3.63) is 84.8 Å².